The lowest BCUT2D eigenvalue weighted by atomic mass is 9.99. The minimum absolute atomic E-state index is 0.290. The van der Waals surface area contributed by atoms with E-state index in [1.807, 2.05) is 18.2 Å². The quantitative estimate of drug-likeness (QED) is 0.184. The van der Waals surface area contributed by atoms with Gasteiger partial charge in [-0.2, -0.15) is 0 Å². The Labute approximate surface area is 309 Å². The fraction of sp³-hybridized carbons (Fsp3) is 0.0408. The van der Waals surface area contributed by atoms with Crippen LogP contribution in [0.4, 0.5) is 0 Å². The Bertz CT molecular complexity index is 3380. The van der Waals surface area contributed by atoms with Gasteiger partial charge in [-0.1, -0.05) is 103 Å². The summed E-state index contributed by atoms with van der Waals surface area (Å²) in [7, 11) is 0. The van der Waals surface area contributed by atoms with Gasteiger partial charge in [-0.05, 0) is 84.3 Å². The number of allylic oxidation sites excluding steroid dienone is 4. The molecular formula is C49H31N3O2. The van der Waals surface area contributed by atoms with Crippen LogP contribution in [0.2, 0.25) is 0 Å². The van der Waals surface area contributed by atoms with Crippen LogP contribution in [0.15, 0.2) is 179 Å². The first-order valence-electron chi connectivity index (χ1n) is 18.5. The summed E-state index contributed by atoms with van der Waals surface area (Å²) < 4.78 is 17.7. The van der Waals surface area contributed by atoms with E-state index in [2.05, 4.69) is 161 Å². The van der Waals surface area contributed by atoms with Gasteiger partial charge >= 0.3 is 0 Å². The van der Waals surface area contributed by atoms with Crippen molar-refractivity contribution in [2.75, 3.05) is 0 Å². The molecule has 4 heterocycles. The van der Waals surface area contributed by atoms with Crippen molar-refractivity contribution in [2.45, 2.75) is 12.5 Å². The van der Waals surface area contributed by atoms with E-state index in [1.54, 1.807) is 0 Å². The van der Waals surface area contributed by atoms with Gasteiger partial charge in [0.1, 0.15) is 28.2 Å². The van der Waals surface area contributed by atoms with Crippen molar-refractivity contribution in [2.24, 2.45) is 0 Å². The SMILES string of the molecule is C1=CCC(n2c3ccccc3c3cc(-c4ccc5oc6cccc(-c7nc8ccccc8n7-c7cccc8oc9ccccc9c78)c6c5c4)ccc32)C=C1. The first-order chi connectivity index (χ1) is 26.8. The number of hydrogen-bond acceptors (Lipinski definition) is 3. The predicted octanol–water partition coefficient (Wildman–Crippen LogP) is 13.3. The Balaban J connectivity index is 1.08. The molecule has 5 nitrogen and oxygen atoms in total. The van der Waals surface area contributed by atoms with Crippen LogP contribution in [0.1, 0.15) is 12.5 Å². The minimum atomic E-state index is 0.290. The summed E-state index contributed by atoms with van der Waals surface area (Å²) in [4.78, 5) is 5.33. The Morgan fingerprint density at radius 3 is 2.07 bits per heavy atom. The van der Waals surface area contributed by atoms with Crippen molar-refractivity contribution in [3.63, 3.8) is 0 Å². The molecule has 0 radical (unpaired) electrons. The second-order valence-corrected chi connectivity index (χ2v) is 14.2. The maximum atomic E-state index is 6.57. The van der Waals surface area contributed by atoms with Gasteiger partial charge in [0.2, 0.25) is 0 Å². The highest BCUT2D eigenvalue weighted by molar-refractivity contribution is 6.15. The average molecular weight is 694 g/mol. The van der Waals surface area contributed by atoms with Crippen molar-refractivity contribution in [1.29, 1.82) is 0 Å². The monoisotopic (exact) mass is 693 g/mol. The molecule has 0 aliphatic heterocycles. The van der Waals surface area contributed by atoms with E-state index in [4.69, 9.17) is 13.8 Å². The number of rotatable bonds is 4. The number of furan rings is 2. The lowest BCUT2D eigenvalue weighted by molar-refractivity contribution is 0.648. The van der Waals surface area contributed by atoms with Crippen LogP contribution in [0.5, 0.6) is 0 Å². The molecule has 1 aliphatic rings. The largest absolute Gasteiger partial charge is 0.456 e. The normalized spacial score (nSPS) is 14.6. The van der Waals surface area contributed by atoms with Crippen molar-refractivity contribution < 1.29 is 8.83 Å². The zero-order valence-corrected chi connectivity index (χ0v) is 29.1. The summed E-state index contributed by atoms with van der Waals surface area (Å²) in [5.41, 5.74) is 12.2. The molecule has 0 fully saturated rings. The van der Waals surface area contributed by atoms with E-state index in [0.717, 1.165) is 84.0 Å². The zero-order chi connectivity index (χ0) is 35.3. The van der Waals surface area contributed by atoms with Crippen LogP contribution in [-0.2, 0) is 0 Å². The molecule has 5 heteroatoms. The Kier molecular flexibility index (Phi) is 6.11. The molecule has 12 rings (SSSR count). The van der Waals surface area contributed by atoms with Crippen LogP contribution >= 0.6 is 0 Å². The molecule has 0 N–H and O–H groups in total. The van der Waals surface area contributed by atoms with Crippen molar-refractivity contribution in [1.82, 2.24) is 14.1 Å². The second-order valence-electron chi connectivity index (χ2n) is 14.2. The third-order valence-electron chi connectivity index (χ3n) is 11.3. The molecule has 0 saturated carbocycles. The number of fused-ring (bicyclic) bond motifs is 10. The smallest absolute Gasteiger partial charge is 0.146 e. The second kappa shape index (κ2) is 11.2. The topological polar surface area (TPSA) is 49.0 Å². The highest BCUT2D eigenvalue weighted by Crippen LogP contribution is 2.43. The van der Waals surface area contributed by atoms with Gasteiger partial charge < -0.3 is 13.4 Å². The van der Waals surface area contributed by atoms with E-state index >= 15 is 0 Å². The Morgan fingerprint density at radius 1 is 0.519 bits per heavy atom. The van der Waals surface area contributed by atoms with Crippen molar-refractivity contribution >= 4 is 76.7 Å². The summed E-state index contributed by atoms with van der Waals surface area (Å²) >= 11 is 0. The van der Waals surface area contributed by atoms with Gasteiger partial charge in [-0.25, -0.2) is 4.98 Å². The fourth-order valence-corrected chi connectivity index (χ4v) is 8.88. The van der Waals surface area contributed by atoms with E-state index in [0.29, 0.717) is 6.04 Å². The Morgan fingerprint density at radius 2 is 1.20 bits per heavy atom. The van der Waals surface area contributed by atoms with Crippen molar-refractivity contribution in [3.8, 4) is 28.2 Å². The number of imidazole rings is 1. The van der Waals surface area contributed by atoms with Gasteiger partial charge in [0, 0.05) is 43.5 Å². The molecule has 0 spiro atoms. The number of benzene rings is 7. The van der Waals surface area contributed by atoms with Gasteiger partial charge in [0.25, 0.3) is 0 Å². The minimum Gasteiger partial charge on any atom is -0.456 e. The highest BCUT2D eigenvalue weighted by Gasteiger charge is 2.23. The Hall–Kier alpha value is -7.11. The van der Waals surface area contributed by atoms with Gasteiger partial charge in [-0.3, -0.25) is 4.57 Å². The fourth-order valence-electron chi connectivity index (χ4n) is 8.88. The summed E-state index contributed by atoms with van der Waals surface area (Å²) in [6.07, 6.45) is 9.85. The van der Waals surface area contributed by atoms with Crippen LogP contribution < -0.4 is 0 Å². The van der Waals surface area contributed by atoms with Crippen molar-refractivity contribution in [3.05, 3.63) is 170 Å². The summed E-state index contributed by atoms with van der Waals surface area (Å²) in [5.74, 6) is 0.855. The molecule has 1 unspecified atom stereocenters. The number of hydrogen-bond donors (Lipinski definition) is 0. The maximum absolute atomic E-state index is 6.57. The summed E-state index contributed by atoms with van der Waals surface area (Å²) in [6.45, 7) is 0. The lowest BCUT2D eigenvalue weighted by Gasteiger charge is -2.18. The average Bonchev–Trinajstić information content (AvgIpc) is 3.99. The number of para-hydroxylation sites is 4. The van der Waals surface area contributed by atoms with E-state index in [9.17, 15) is 0 Å². The molecule has 254 valence electrons. The molecular weight excluding hydrogens is 663 g/mol. The molecule has 11 aromatic rings. The van der Waals surface area contributed by atoms with Gasteiger partial charge in [-0.15, -0.1) is 0 Å². The number of aromatic nitrogens is 3. The molecule has 0 amide bonds. The first-order valence-corrected chi connectivity index (χ1v) is 18.5. The van der Waals surface area contributed by atoms with Crippen LogP contribution in [-0.4, -0.2) is 14.1 Å². The van der Waals surface area contributed by atoms with E-state index in [1.165, 1.54) is 27.4 Å². The van der Waals surface area contributed by atoms with Crippen LogP contribution in [0.3, 0.4) is 0 Å². The molecule has 54 heavy (non-hydrogen) atoms. The summed E-state index contributed by atoms with van der Waals surface area (Å²) in [6, 6.07) is 51.8. The van der Waals surface area contributed by atoms with E-state index in [-0.39, 0.29) is 0 Å². The molecule has 0 saturated heterocycles. The van der Waals surface area contributed by atoms with E-state index < -0.39 is 0 Å². The molecule has 1 aliphatic carbocycles. The highest BCUT2D eigenvalue weighted by atomic mass is 16.3. The standard InChI is InChI=1S/C49H31N3O2/c1-2-12-32(13-3-1)51-39-18-7-4-14-33(39)36-28-30(24-26-40(36)51)31-25-27-44-37(29-31)47-35(16-10-22-45(47)54-44)49-50-38-17-6-8-19-41(38)52(49)42-20-11-23-46-48(42)34-15-5-9-21-43(34)53-46/h1-12,14-29,32H,13H2. The third kappa shape index (κ3) is 4.18. The number of nitrogens with zero attached hydrogens (tertiary/aromatic N) is 3. The van der Waals surface area contributed by atoms with Gasteiger partial charge in [0.05, 0.1) is 28.1 Å². The molecule has 4 aromatic heterocycles. The maximum Gasteiger partial charge on any atom is 0.146 e. The molecule has 7 aromatic carbocycles. The predicted molar refractivity (Wildman–Crippen MR) is 221 cm³/mol. The van der Waals surface area contributed by atoms with Gasteiger partial charge in [0.15, 0.2) is 0 Å². The zero-order valence-electron chi connectivity index (χ0n) is 29.1. The molecule has 1 atom stereocenters. The van der Waals surface area contributed by atoms with Crippen LogP contribution in [0.25, 0.3) is 105 Å². The van der Waals surface area contributed by atoms with Crippen LogP contribution in [0, 0.1) is 0 Å². The first kappa shape index (κ1) is 29.5. The molecule has 0 bridgehead atoms. The third-order valence-corrected chi connectivity index (χ3v) is 11.3. The summed E-state index contributed by atoms with van der Waals surface area (Å²) in [5, 5.41) is 6.79. The lowest BCUT2D eigenvalue weighted by Crippen LogP contribution is -2.06.